The summed E-state index contributed by atoms with van der Waals surface area (Å²) in [6, 6.07) is 9.59. The highest BCUT2D eigenvalue weighted by Gasteiger charge is 2.41. The van der Waals surface area contributed by atoms with E-state index in [0.29, 0.717) is 17.5 Å². The average Bonchev–Trinajstić information content (AvgIpc) is 3.22. The smallest absolute Gasteiger partial charge is 0.0409 e. The van der Waals surface area contributed by atoms with Gasteiger partial charge in [-0.15, -0.1) is 0 Å². The molecule has 0 spiro atoms. The molecule has 21 heavy (non-hydrogen) atoms. The van der Waals surface area contributed by atoms with E-state index < -0.39 is 0 Å². The molecule has 1 saturated heterocycles. The fourth-order valence-electron chi connectivity index (χ4n) is 3.40. The van der Waals surface area contributed by atoms with Crippen LogP contribution >= 0.6 is 11.6 Å². The predicted octanol–water partition coefficient (Wildman–Crippen LogP) is 3.94. The molecule has 2 atom stereocenters. The van der Waals surface area contributed by atoms with Gasteiger partial charge in [-0.1, -0.05) is 44.5 Å². The Morgan fingerprint density at radius 3 is 2.67 bits per heavy atom. The van der Waals surface area contributed by atoms with Gasteiger partial charge in [0.05, 0.1) is 0 Å². The summed E-state index contributed by atoms with van der Waals surface area (Å²) in [5, 5.41) is 4.64. The van der Waals surface area contributed by atoms with Gasteiger partial charge in [0.2, 0.25) is 0 Å². The second-order valence-electron chi connectivity index (χ2n) is 7.79. The van der Waals surface area contributed by atoms with Gasteiger partial charge in [-0.3, -0.25) is 4.90 Å². The van der Waals surface area contributed by atoms with Gasteiger partial charge < -0.3 is 5.32 Å². The van der Waals surface area contributed by atoms with Crippen molar-refractivity contribution in [2.45, 2.75) is 52.2 Å². The molecule has 2 aliphatic rings. The first kappa shape index (κ1) is 15.3. The maximum atomic E-state index is 6.14. The second-order valence-corrected chi connectivity index (χ2v) is 8.23. The maximum Gasteiger partial charge on any atom is 0.0409 e. The van der Waals surface area contributed by atoms with E-state index >= 15 is 0 Å². The zero-order valence-corrected chi connectivity index (χ0v) is 14.2. The van der Waals surface area contributed by atoms with E-state index in [-0.39, 0.29) is 0 Å². The number of hydrogen-bond donors (Lipinski definition) is 1. The molecule has 1 aromatic carbocycles. The van der Waals surface area contributed by atoms with E-state index in [1.165, 1.54) is 18.4 Å². The first-order chi connectivity index (χ1) is 9.93. The third-order valence-corrected chi connectivity index (χ3v) is 5.18. The number of piperazine rings is 1. The monoisotopic (exact) mass is 306 g/mol. The van der Waals surface area contributed by atoms with Crippen LogP contribution in [0.15, 0.2) is 24.3 Å². The van der Waals surface area contributed by atoms with Gasteiger partial charge in [0.15, 0.2) is 0 Å². The molecule has 1 aliphatic carbocycles. The van der Waals surface area contributed by atoms with Gasteiger partial charge in [0.25, 0.3) is 0 Å². The van der Waals surface area contributed by atoms with Gasteiger partial charge in [-0.05, 0) is 41.9 Å². The highest BCUT2D eigenvalue weighted by atomic mass is 35.5. The molecule has 2 fully saturated rings. The Bertz CT molecular complexity index is 490. The molecule has 0 radical (unpaired) electrons. The van der Waals surface area contributed by atoms with Crippen LogP contribution in [-0.4, -0.2) is 30.1 Å². The standard InChI is InChI=1S/C18H27ClN2/c1-18(2,3)17-12-21(16(10-20-17)14-7-8-14)11-13-5-4-6-15(19)9-13/h4-6,9,14,16-17,20H,7-8,10-12H2,1-3H3. The quantitative estimate of drug-likeness (QED) is 0.910. The number of nitrogens with one attached hydrogen (secondary N) is 1. The Hall–Kier alpha value is -0.570. The Kier molecular flexibility index (Phi) is 4.31. The second kappa shape index (κ2) is 5.91. The third-order valence-electron chi connectivity index (χ3n) is 4.95. The summed E-state index contributed by atoms with van der Waals surface area (Å²) in [7, 11) is 0. The van der Waals surface area contributed by atoms with Crippen molar-refractivity contribution in [3.05, 3.63) is 34.9 Å². The van der Waals surface area contributed by atoms with Crippen LogP contribution in [0.25, 0.3) is 0 Å². The Morgan fingerprint density at radius 1 is 1.29 bits per heavy atom. The fraction of sp³-hybridized carbons (Fsp3) is 0.667. The maximum absolute atomic E-state index is 6.14. The largest absolute Gasteiger partial charge is 0.311 e. The molecule has 0 aromatic heterocycles. The van der Waals surface area contributed by atoms with E-state index in [1.54, 1.807) is 0 Å². The summed E-state index contributed by atoms with van der Waals surface area (Å²) in [4.78, 5) is 2.69. The molecule has 1 heterocycles. The molecular weight excluding hydrogens is 280 g/mol. The van der Waals surface area contributed by atoms with E-state index in [2.05, 4.69) is 49.2 Å². The summed E-state index contributed by atoms with van der Waals surface area (Å²) in [6.07, 6.45) is 2.80. The lowest BCUT2D eigenvalue weighted by atomic mass is 9.84. The van der Waals surface area contributed by atoms with Crippen molar-refractivity contribution in [3.8, 4) is 0 Å². The van der Waals surface area contributed by atoms with Crippen molar-refractivity contribution < 1.29 is 0 Å². The lowest BCUT2D eigenvalue weighted by molar-refractivity contribution is 0.0689. The third kappa shape index (κ3) is 3.80. The van der Waals surface area contributed by atoms with Crippen LogP contribution < -0.4 is 5.32 Å². The Labute approximate surface area is 133 Å². The zero-order valence-electron chi connectivity index (χ0n) is 13.4. The summed E-state index contributed by atoms with van der Waals surface area (Å²) < 4.78 is 0. The van der Waals surface area contributed by atoms with E-state index in [1.807, 2.05) is 6.07 Å². The molecule has 1 N–H and O–H groups in total. The average molecular weight is 307 g/mol. The molecule has 1 aromatic rings. The van der Waals surface area contributed by atoms with Crippen molar-refractivity contribution in [2.75, 3.05) is 13.1 Å². The zero-order chi connectivity index (χ0) is 15.0. The highest BCUT2D eigenvalue weighted by molar-refractivity contribution is 6.30. The lowest BCUT2D eigenvalue weighted by Gasteiger charge is -2.45. The van der Waals surface area contributed by atoms with Crippen LogP contribution in [0.3, 0.4) is 0 Å². The van der Waals surface area contributed by atoms with E-state index in [4.69, 9.17) is 11.6 Å². The van der Waals surface area contributed by atoms with Crippen molar-refractivity contribution in [1.82, 2.24) is 10.2 Å². The number of nitrogens with zero attached hydrogens (tertiary/aromatic N) is 1. The predicted molar refractivity (Wildman–Crippen MR) is 89.6 cm³/mol. The van der Waals surface area contributed by atoms with Crippen molar-refractivity contribution in [3.63, 3.8) is 0 Å². The normalized spacial score (nSPS) is 27.8. The summed E-state index contributed by atoms with van der Waals surface area (Å²) in [6.45, 7) is 10.3. The van der Waals surface area contributed by atoms with Crippen molar-refractivity contribution in [2.24, 2.45) is 11.3 Å². The first-order valence-electron chi connectivity index (χ1n) is 8.15. The molecule has 1 aliphatic heterocycles. The molecule has 1 saturated carbocycles. The van der Waals surface area contributed by atoms with Crippen LogP contribution in [0.4, 0.5) is 0 Å². The molecule has 2 unspecified atom stereocenters. The Morgan fingerprint density at radius 2 is 2.05 bits per heavy atom. The summed E-state index contributed by atoms with van der Waals surface area (Å²) >= 11 is 6.14. The summed E-state index contributed by atoms with van der Waals surface area (Å²) in [5.74, 6) is 0.901. The van der Waals surface area contributed by atoms with Gasteiger partial charge in [-0.25, -0.2) is 0 Å². The minimum Gasteiger partial charge on any atom is -0.311 e. The van der Waals surface area contributed by atoms with Crippen LogP contribution in [0.1, 0.15) is 39.2 Å². The first-order valence-corrected chi connectivity index (χ1v) is 8.53. The SMILES string of the molecule is CC(C)(C)C1CN(Cc2cccc(Cl)c2)C(C2CC2)CN1. The topological polar surface area (TPSA) is 15.3 Å². The van der Waals surface area contributed by atoms with Crippen molar-refractivity contribution in [1.29, 1.82) is 0 Å². The molecule has 0 amide bonds. The van der Waals surface area contributed by atoms with E-state index in [0.717, 1.165) is 30.6 Å². The van der Waals surface area contributed by atoms with Gasteiger partial charge in [0.1, 0.15) is 0 Å². The minimum atomic E-state index is 0.307. The molecule has 116 valence electrons. The van der Waals surface area contributed by atoms with Gasteiger partial charge >= 0.3 is 0 Å². The summed E-state index contributed by atoms with van der Waals surface area (Å²) in [5.41, 5.74) is 1.64. The van der Waals surface area contributed by atoms with Gasteiger partial charge in [-0.2, -0.15) is 0 Å². The number of rotatable bonds is 3. The van der Waals surface area contributed by atoms with Gasteiger partial charge in [0, 0.05) is 36.7 Å². The molecular formula is C18H27ClN2. The lowest BCUT2D eigenvalue weighted by Crippen LogP contribution is -2.60. The molecule has 2 nitrogen and oxygen atoms in total. The minimum absolute atomic E-state index is 0.307. The van der Waals surface area contributed by atoms with Crippen LogP contribution in [-0.2, 0) is 6.54 Å². The number of hydrogen-bond acceptors (Lipinski definition) is 2. The highest BCUT2D eigenvalue weighted by Crippen LogP contribution is 2.38. The molecule has 0 bridgehead atoms. The molecule has 3 rings (SSSR count). The van der Waals surface area contributed by atoms with Crippen molar-refractivity contribution >= 4 is 11.6 Å². The van der Waals surface area contributed by atoms with Crippen LogP contribution in [0.2, 0.25) is 5.02 Å². The number of benzene rings is 1. The molecule has 3 heteroatoms. The van der Waals surface area contributed by atoms with Crippen LogP contribution in [0.5, 0.6) is 0 Å². The fourth-order valence-corrected chi connectivity index (χ4v) is 3.62. The number of halogens is 1. The van der Waals surface area contributed by atoms with E-state index in [9.17, 15) is 0 Å². The van der Waals surface area contributed by atoms with Crippen LogP contribution in [0, 0.1) is 11.3 Å². The Balaban J connectivity index is 1.74.